The Kier molecular flexibility index (Phi) is 2.87. The van der Waals surface area contributed by atoms with E-state index in [1.807, 2.05) is 13.0 Å². The Morgan fingerprint density at radius 3 is 2.95 bits per heavy atom. The molecular formula is C14H12FN3O. The zero-order chi connectivity index (χ0) is 13.2. The zero-order valence-electron chi connectivity index (χ0n) is 10.4. The number of pyridine rings is 1. The van der Waals surface area contributed by atoms with Crippen molar-refractivity contribution in [3.05, 3.63) is 53.8 Å². The summed E-state index contributed by atoms with van der Waals surface area (Å²) in [6, 6.07) is 8.24. The molecule has 1 N–H and O–H groups in total. The molecule has 0 fully saturated rings. The molecular weight excluding hydrogens is 245 g/mol. The number of aryl methyl sites for hydroxylation is 1. The fourth-order valence-corrected chi connectivity index (χ4v) is 1.99. The lowest BCUT2D eigenvalue weighted by Crippen LogP contribution is -2.01. The van der Waals surface area contributed by atoms with Crippen molar-refractivity contribution in [3.8, 4) is 0 Å². The highest BCUT2D eigenvalue weighted by atomic mass is 19.1. The molecule has 0 amide bonds. The molecule has 96 valence electrons. The number of hydrogen-bond acceptors (Lipinski definition) is 4. The second kappa shape index (κ2) is 4.68. The first kappa shape index (κ1) is 11.6. The Labute approximate surface area is 109 Å². The highest BCUT2D eigenvalue weighted by molar-refractivity contribution is 5.91. The van der Waals surface area contributed by atoms with Gasteiger partial charge in [-0.1, -0.05) is 5.16 Å². The monoisotopic (exact) mass is 257 g/mol. The van der Waals surface area contributed by atoms with Crippen LogP contribution < -0.4 is 5.32 Å². The minimum Gasteiger partial charge on any atom is -0.379 e. The molecule has 3 rings (SSSR count). The van der Waals surface area contributed by atoms with Crippen LogP contribution in [0.25, 0.3) is 10.9 Å². The molecule has 5 heteroatoms. The van der Waals surface area contributed by atoms with Gasteiger partial charge in [-0.05, 0) is 31.2 Å². The minimum atomic E-state index is -0.275. The van der Waals surface area contributed by atoms with Gasteiger partial charge in [0.05, 0.1) is 12.1 Å². The van der Waals surface area contributed by atoms with Crippen molar-refractivity contribution in [2.45, 2.75) is 13.5 Å². The molecule has 19 heavy (non-hydrogen) atoms. The molecule has 0 atom stereocenters. The van der Waals surface area contributed by atoms with Crippen molar-refractivity contribution >= 4 is 16.6 Å². The third-order valence-corrected chi connectivity index (χ3v) is 2.85. The third kappa shape index (κ3) is 2.40. The Bertz CT molecular complexity index is 710. The van der Waals surface area contributed by atoms with Gasteiger partial charge in [0.2, 0.25) is 0 Å². The van der Waals surface area contributed by atoms with Crippen LogP contribution in [0.4, 0.5) is 10.1 Å². The van der Waals surface area contributed by atoms with E-state index in [9.17, 15) is 4.39 Å². The number of fused-ring (bicyclic) bond motifs is 1. The lowest BCUT2D eigenvalue weighted by molar-refractivity contribution is 0.412. The summed E-state index contributed by atoms with van der Waals surface area (Å²) in [5.74, 6) is -0.275. The number of halogens is 1. The topological polar surface area (TPSA) is 51.0 Å². The Morgan fingerprint density at radius 2 is 2.16 bits per heavy atom. The van der Waals surface area contributed by atoms with Crippen LogP contribution in [0.15, 0.2) is 41.1 Å². The van der Waals surface area contributed by atoms with Gasteiger partial charge in [0.25, 0.3) is 0 Å². The van der Waals surface area contributed by atoms with Crippen LogP contribution in [-0.4, -0.2) is 10.1 Å². The minimum absolute atomic E-state index is 0.275. The fraction of sp³-hybridized carbons (Fsp3) is 0.143. The van der Waals surface area contributed by atoms with E-state index in [0.29, 0.717) is 6.54 Å². The van der Waals surface area contributed by atoms with E-state index in [-0.39, 0.29) is 5.82 Å². The van der Waals surface area contributed by atoms with Crippen LogP contribution in [0.1, 0.15) is 11.4 Å². The predicted octanol–water partition coefficient (Wildman–Crippen LogP) is 3.28. The molecule has 1 aromatic carbocycles. The highest BCUT2D eigenvalue weighted by Gasteiger charge is 2.06. The molecule has 0 aliphatic rings. The summed E-state index contributed by atoms with van der Waals surface area (Å²) in [7, 11) is 0. The Hall–Kier alpha value is -2.43. The van der Waals surface area contributed by atoms with Gasteiger partial charge >= 0.3 is 0 Å². The van der Waals surface area contributed by atoms with Gasteiger partial charge in [-0.15, -0.1) is 0 Å². The summed E-state index contributed by atoms with van der Waals surface area (Å²) in [6.45, 7) is 2.43. The molecule has 0 radical (unpaired) electrons. The van der Waals surface area contributed by atoms with Gasteiger partial charge in [0.1, 0.15) is 17.8 Å². The van der Waals surface area contributed by atoms with Gasteiger partial charge in [-0.2, -0.15) is 0 Å². The average Bonchev–Trinajstić information content (AvgIpc) is 2.89. The van der Waals surface area contributed by atoms with Gasteiger partial charge in [0.15, 0.2) is 0 Å². The second-order valence-corrected chi connectivity index (χ2v) is 4.32. The Morgan fingerprint density at radius 1 is 1.26 bits per heavy atom. The van der Waals surface area contributed by atoms with E-state index in [2.05, 4.69) is 15.5 Å². The van der Waals surface area contributed by atoms with E-state index >= 15 is 0 Å². The average molecular weight is 257 g/mol. The first-order valence-electron chi connectivity index (χ1n) is 5.92. The first-order valence-corrected chi connectivity index (χ1v) is 5.92. The zero-order valence-corrected chi connectivity index (χ0v) is 10.4. The summed E-state index contributed by atoms with van der Waals surface area (Å²) < 4.78 is 18.1. The number of nitrogens with one attached hydrogen (secondary N) is 1. The molecule has 0 unspecified atom stereocenters. The van der Waals surface area contributed by atoms with Crippen LogP contribution >= 0.6 is 0 Å². The molecule has 0 bridgehead atoms. The highest BCUT2D eigenvalue weighted by Crippen LogP contribution is 2.24. The summed E-state index contributed by atoms with van der Waals surface area (Å²) in [4.78, 5) is 4.38. The second-order valence-electron chi connectivity index (χ2n) is 4.32. The van der Waals surface area contributed by atoms with Crippen molar-refractivity contribution in [2.75, 3.05) is 5.32 Å². The summed E-state index contributed by atoms with van der Waals surface area (Å²) in [6.07, 6.45) is 1.52. The summed E-state index contributed by atoms with van der Waals surface area (Å²) >= 11 is 0. The first-order chi connectivity index (χ1) is 9.22. The van der Waals surface area contributed by atoms with Gasteiger partial charge in [-0.3, -0.25) is 4.98 Å². The fourth-order valence-electron chi connectivity index (χ4n) is 1.99. The predicted molar refractivity (Wildman–Crippen MR) is 70.3 cm³/mol. The van der Waals surface area contributed by atoms with E-state index in [1.54, 1.807) is 12.1 Å². The molecule has 4 nitrogen and oxygen atoms in total. The van der Waals surface area contributed by atoms with Crippen molar-refractivity contribution in [3.63, 3.8) is 0 Å². The standard InChI is InChI=1S/C14H12FN3O/c1-9-6-14(16-8-11-4-5-19-18-11)12-7-10(15)2-3-13(12)17-9/h2-7H,8H2,1H3,(H,16,17). The largest absolute Gasteiger partial charge is 0.379 e. The summed E-state index contributed by atoms with van der Waals surface area (Å²) in [5, 5.41) is 7.81. The van der Waals surface area contributed by atoms with Crippen molar-refractivity contribution in [1.82, 2.24) is 10.1 Å². The number of hydrogen-bond donors (Lipinski definition) is 1. The molecule has 0 aliphatic carbocycles. The van der Waals surface area contributed by atoms with E-state index in [4.69, 9.17) is 4.52 Å². The molecule has 0 saturated heterocycles. The van der Waals surface area contributed by atoms with Crippen molar-refractivity contribution in [2.24, 2.45) is 0 Å². The molecule has 0 aliphatic heterocycles. The maximum atomic E-state index is 13.3. The van der Waals surface area contributed by atoms with Crippen LogP contribution in [0, 0.1) is 12.7 Å². The van der Waals surface area contributed by atoms with E-state index < -0.39 is 0 Å². The number of nitrogens with zero attached hydrogens (tertiary/aromatic N) is 2. The van der Waals surface area contributed by atoms with Gasteiger partial charge in [0, 0.05) is 22.8 Å². The number of anilines is 1. The third-order valence-electron chi connectivity index (χ3n) is 2.85. The van der Waals surface area contributed by atoms with Crippen LogP contribution in [0.3, 0.4) is 0 Å². The number of rotatable bonds is 3. The number of aromatic nitrogens is 2. The van der Waals surface area contributed by atoms with Crippen molar-refractivity contribution in [1.29, 1.82) is 0 Å². The Balaban J connectivity index is 1.99. The van der Waals surface area contributed by atoms with E-state index in [0.717, 1.165) is 28.0 Å². The number of benzene rings is 1. The lowest BCUT2D eigenvalue weighted by atomic mass is 10.1. The quantitative estimate of drug-likeness (QED) is 0.782. The maximum absolute atomic E-state index is 13.3. The molecule has 2 heterocycles. The smallest absolute Gasteiger partial charge is 0.124 e. The van der Waals surface area contributed by atoms with Crippen molar-refractivity contribution < 1.29 is 8.91 Å². The normalized spacial score (nSPS) is 10.8. The molecule has 0 spiro atoms. The van der Waals surface area contributed by atoms with Crippen LogP contribution in [0.2, 0.25) is 0 Å². The maximum Gasteiger partial charge on any atom is 0.124 e. The summed E-state index contributed by atoms with van der Waals surface area (Å²) in [5.41, 5.74) is 3.27. The molecule has 0 saturated carbocycles. The van der Waals surface area contributed by atoms with E-state index in [1.165, 1.54) is 18.4 Å². The van der Waals surface area contributed by atoms with Crippen LogP contribution in [-0.2, 0) is 6.54 Å². The van der Waals surface area contributed by atoms with Gasteiger partial charge in [-0.25, -0.2) is 4.39 Å². The van der Waals surface area contributed by atoms with Crippen LogP contribution in [0.5, 0.6) is 0 Å². The lowest BCUT2D eigenvalue weighted by Gasteiger charge is -2.09. The van der Waals surface area contributed by atoms with Gasteiger partial charge < -0.3 is 9.84 Å². The molecule has 2 aromatic heterocycles. The molecule has 3 aromatic rings. The SMILES string of the molecule is Cc1cc(NCc2ccon2)c2cc(F)ccc2n1.